The molecule has 0 spiro atoms. The van der Waals surface area contributed by atoms with Crippen LogP contribution < -0.4 is 10.1 Å². The molecule has 0 aliphatic carbocycles. The molecule has 0 aliphatic heterocycles. The maximum Gasteiger partial charge on any atom is 0.265 e. The van der Waals surface area contributed by atoms with Gasteiger partial charge in [0.2, 0.25) is 0 Å². The minimum atomic E-state index is -0.163. The summed E-state index contributed by atoms with van der Waals surface area (Å²) in [7, 11) is 1.72. The molecule has 3 rings (SSSR count). The lowest BCUT2D eigenvalue weighted by molar-refractivity contribution is 0.0773. The van der Waals surface area contributed by atoms with Gasteiger partial charge in [0.05, 0.1) is 11.4 Å². The van der Waals surface area contributed by atoms with Crippen LogP contribution in [0.25, 0.3) is 0 Å². The van der Waals surface area contributed by atoms with Gasteiger partial charge in [0, 0.05) is 23.3 Å². The monoisotopic (exact) mass is 414 g/mol. The zero-order valence-corrected chi connectivity index (χ0v) is 16.8. The van der Waals surface area contributed by atoms with Crippen LogP contribution in [0.15, 0.2) is 66.0 Å². The van der Waals surface area contributed by atoms with Crippen molar-refractivity contribution in [2.75, 3.05) is 25.5 Å². The highest BCUT2D eigenvalue weighted by Gasteiger charge is 2.12. The Balaban J connectivity index is 1.51. The van der Waals surface area contributed by atoms with Crippen LogP contribution in [0.3, 0.4) is 0 Å². The Morgan fingerprint density at radius 1 is 1.11 bits per heavy atom. The van der Waals surface area contributed by atoms with E-state index in [9.17, 15) is 9.59 Å². The lowest BCUT2D eigenvalue weighted by Gasteiger charge is -2.18. The Kier molecular flexibility index (Phi) is 6.68. The van der Waals surface area contributed by atoms with Gasteiger partial charge in [-0.05, 0) is 53.9 Å². The normalized spacial score (nSPS) is 10.4. The van der Waals surface area contributed by atoms with Crippen molar-refractivity contribution in [1.82, 2.24) is 4.90 Å². The number of ether oxygens (including phenoxy) is 1. The standard InChI is InChI=1S/C21H19ClN2O3S/c1-24(11-12-27-18-5-2-4-16(22)14-18)21(26)15-7-9-17(10-8-15)23-20(25)19-6-3-13-28-19/h2-10,13-14H,11-12H2,1H3,(H,23,25). The van der Waals surface area contributed by atoms with Crippen LogP contribution in [0, 0.1) is 0 Å². The number of nitrogens with zero attached hydrogens (tertiary/aromatic N) is 1. The average molecular weight is 415 g/mol. The summed E-state index contributed by atoms with van der Waals surface area (Å²) in [4.78, 5) is 26.8. The van der Waals surface area contributed by atoms with Crippen LogP contribution in [0.5, 0.6) is 5.75 Å². The summed E-state index contributed by atoms with van der Waals surface area (Å²) in [6.07, 6.45) is 0. The van der Waals surface area contributed by atoms with Crippen molar-refractivity contribution in [3.63, 3.8) is 0 Å². The number of thiophene rings is 1. The minimum Gasteiger partial charge on any atom is -0.492 e. The van der Waals surface area contributed by atoms with Crippen molar-refractivity contribution in [1.29, 1.82) is 0 Å². The fourth-order valence-corrected chi connectivity index (χ4v) is 3.27. The number of amides is 2. The minimum absolute atomic E-state index is 0.120. The third-order valence-electron chi connectivity index (χ3n) is 3.97. The molecule has 1 aromatic heterocycles. The predicted octanol–water partition coefficient (Wildman–Crippen LogP) is 4.80. The Hall–Kier alpha value is -2.83. The maximum absolute atomic E-state index is 12.5. The van der Waals surface area contributed by atoms with Crippen LogP contribution in [0.2, 0.25) is 5.02 Å². The van der Waals surface area contributed by atoms with Gasteiger partial charge in [-0.3, -0.25) is 9.59 Å². The van der Waals surface area contributed by atoms with Crippen LogP contribution in [-0.4, -0.2) is 36.9 Å². The summed E-state index contributed by atoms with van der Waals surface area (Å²) >= 11 is 7.30. The van der Waals surface area contributed by atoms with Gasteiger partial charge in [-0.2, -0.15) is 0 Å². The van der Waals surface area contributed by atoms with Gasteiger partial charge in [0.1, 0.15) is 12.4 Å². The second-order valence-electron chi connectivity index (χ2n) is 6.04. The van der Waals surface area contributed by atoms with E-state index in [0.717, 1.165) is 0 Å². The second kappa shape index (κ2) is 9.39. The van der Waals surface area contributed by atoms with E-state index in [-0.39, 0.29) is 11.8 Å². The van der Waals surface area contributed by atoms with Crippen molar-refractivity contribution >= 4 is 40.4 Å². The van der Waals surface area contributed by atoms with E-state index >= 15 is 0 Å². The molecular formula is C21H19ClN2O3S. The summed E-state index contributed by atoms with van der Waals surface area (Å²) in [5.41, 5.74) is 1.18. The fourth-order valence-electron chi connectivity index (χ4n) is 2.48. The topological polar surface area (TPSA) is 58.6 Å². The summed E-state index contributed by atoms with van der Waals surface area (Å²) < 4.78 is 5.62. The zero-order valence-electron chi connectivity index (χ0n) is 15.2. The zero-order chi connectivity index (χ0) is 19.9. The Labute approximate surface area is 172 Å². The number of nitrogens with one attached hydrogen (secondary N) is 1. The number of benzene rings is 2. The van der Waals surface area contributed by atoms with Crippen LogP contribution in [-0.2, 0) is 0 Å². The third-order valence-corrected chi connectivity index (χ3v) is 5.08. The first-order chi connectivity index (χ1) is 13.5. The van der Waals surface area contributed by atoms with Gasteiger partial charge in [-0.25, -0.2) is 0 Å². The number of hydrogen-bond donors (Lipinski definition) is 1. The maximum atomic E-state index is 12.5. The number of anilines is 1. The number of carbonyl (C=O) groups is 2. The highest BCUT2D eigenvalue weighted by Crippen LogP contribution is 2.17. The van der Waals surface area contributed by atoms with E-state index in [1.54, 1.807) is 54.4 Å². The Morgan fingerprint density at radius 2 is 1.89 bits per heavy atom. The molecular weight excluding hydrogens is 396 g/mol. The van der Waals surface area contributed by atoms with E-state index in [0.29, 0.717) is 40.1 Å². The number of carbonyl (C=O) groups excluding carboxylic acids is 2. The molecule has 0 radical (unpaired) electrons. The van der Waals surface area contributed by atoms with Gasteiger partial charge in [-0.1, -0.05) is 23.7 Å². The lowest BCUT2D eigenvalue weighted by atomic mass is 10.2. The molecule has 5 nitrogen and oxygen atoms in total. The summed E-state index contributed by atoms with van der Waals surface area (Å²) in [6, 6.07) is 17.5. The van der Waals surface area contributed by atoms with Crippen LogP contribution >= 0.6 is 22.9 Å². The molecule has 0 bridgehead atoms. The molecule has 2 aromatic carbocycles. The predicted molar refractivity (Wildman–Crippen MR) is 113 cm³/mol. The van der Waals surface area contributed by atoms with E-state index in [2.05, 4.69) is 5.32 Å². The molecule has 3 aromatic rings. The SMILES string of the molecule is CN(CCOc1cccc(Cl)c1)C(=O)c1ccc(NC(=O)c2cccs2)cc1. The highest BCUT2D eigenvalue weighted by atomic mass is 35.5. The molecule has 0 unspecified atom stereocenters. The number of hydrogen-bond acceptors (Lipinski definition) is 4. The summed E-state index contributed by atoms with van der Waals surface area (Å²) in [6.45, 7) is 0.791. The van der Waals surface area contributed by atoms with E-state index in [4.69, 9.17) is 16.3 Å². The van der Waals surface area contributed by atoms with Crippen LogP contribution in [0.1, 0.15) is 20.0 Å². The highest BCUT2D eigenvalue weighted by molar-refractivity contribution is 7.12. The van der Waals surface area contributed by atoms with E-state index in [1.807, 2.05) is 23.6 Å². The van der Waals surface area contributed by atoms with Crippen LogP contribution in [0.4, 0.5) is 5.69 Å². The van der Waals surface area contributed by atoms with E-state index in [1.165, 1.54) is 11.3 Å². The largest absolute Gasteiger partial charge is 0.492 e. The van der Waals surface area contributed by atoms with Crippen molar-refractivity contribution in [3.05, 3.63) is 81.5 Å². The first-order valence-corrected chi connectivity index (χ1v) is 9.87. The van der Waals surface area contributed by atoms with Crippen molar-refractivity contribution in [2.45, 2.75) is 0 Å². The van der Waals surface area contributed by atoms with Crippen molar-refractivity contribution in [3.8, 4) is 5.75 Å². The molecule has 28 heavy (non-hydrogen) atoms. The van der Waals surface area contributed by atoms with E-state index < -0.39 is 0 Å². The summed E-state index contributed by atoms with van der Waals surface area (Å²) in [5.74, 6) is 0.384. The average Bonchev–Trinajstić information content (AvgIpc) is 3.23. The molecule has 1 heterocycles. The van der Waals surface area contributed by atoms with Crippen molar-refractivity contribution < 1.29 is 14.3 Å². The number of rotatable bonds is 7. The first-order valence-electron chi connectivity index (χ1n) is 8.61. The molecule has 0 atom stereocenters. The molecule has 0 fully saturated rings. The van der Waals surface area contributed by atoms with Gasteiger partial charge in [-0.15, -0.1) is 11.3 Å². The smallest absolute Gasteiger partial charge is 0.265 e. The Morgan fingerprint density at radius 3 is 2.57 bits per heavy atom. The molecule has 1 N–H and O–H groups in total. The van der Waals surface area contributed by atoms with Crippen molar-refractivity contribution in [2.24, 2.45) is 0 Å². The van der Waals surface area contributed by atoms with Gasteiger partial charge < -0.3 is 15.0 Å². The van der Waals surface area contributed by atoms with Gasteiger partial charge in [0.15, 0.2) is 0 Å². The molecule has 7 heteroatoms. The summed E-state index contributed by atoms with van der Waals surface area (Å²) in [5, 5.41) is 5.27. The second-order valence-corrected chi connectivity index (χ2v) is 7.43. The first kappa shape index (κ1) is 19.9. The molecule has 0 saturated carbocycles. The van der Waals surface area contributed by atoms with Gasteiger partial charge >= 0.3 is 0 Å². The fraction of sp³-hybridized carbons (Fsp3) is 0.143. The number of likely N-dealkylation sites (N-methyl/N-ethyl adjacent to an activating group) is 1. The molecule has 0 saturated heterocycles. The third kappa shape index (κ3) is 5.34. The molecule has 144 valence electrons. The lowest BCUT2D eigenvalue weighted by Crippen LogP contribution is -2.30. The Bertz CT molecular complexity index is 943. The quantitative estimate of drug-likeness (QED) is 0.603. The molecule has 0 aliphatic rings. The number of halogens is 1. The molecule has 2 amide bonds. The van der Waals surface area contributed by atoms with Gasteiger partial charge in [0.25, 0.3) is 11.8 Å².